The Morgan fingerprint density at radius 1 is 1.18 bits per heavy atom. The summed E-state index contributed by atoms with van der Waals surface area (Å²) in [6.07, 6.45) is 6.69. The van der Waals surface area contributed by atoms with E-state index in [1.165, 1.54) is 11.8 Å². The van der Waals surface area contributed by atoms with E-state index < -0.39 is 0 Å². The van der Waals surface area contributed by atoms with E-state index in [0.29, 0.717) is 18.1 Å². The van der Waals surface area contributed by atoms with Crippen LogP contribution in [0.1, 0.15) is 22.5 Å². The van der Waals surface area contributed by atoms with Crippen molar-refractivity contribution in [1.29, 1.82) is 0 Å². The fourth-order valence-electron chi connectivity index (χ4n) is 1.95. The minimum atomic E-state index is -0.247. The molecule has 0 aliphatic rings. The fourth-order valence-corrected chi connectivity index (χ4v) is 1.95. The molecule has 1 amide bonds. The van der Waals surface area contributed by atoms with Gasteiger partial charge >= 0.3 is 0 Å². The standard InChI is InChI=1S/C17H20N4O/c1-2-10-19-17(22)15-12-21-16(13-20-15)18-11-6-9-14-7-4-3-5-8-14/h2-5,7-8,12-13H,1,6,9-11H2,(H,18,21)(H,19,22). The monoisotopic (exact) mass is 296 g/mol. The Labute approximate surface area is 130 Å². The predicted molar refractivity (Wildman–Crippen MR) is 87.8 cm³/mol. The molecule has 2 N–H and O–H groups in total. The van der Waals surface area contributed by atoms with Crippen molar-refractivity contribution < 1.29 is 4.79 Å². The van der Waals surface area contributed by atoms with Crippen LogP contribution in [-0.4, -0.2) is 29.0 Å². The lowest BCUT2D eigenvalue weighted by atomic mass is 10.1. The quantitative estimate of drug-likeness (QED) is 0.580. The third kappa shape index (κ3) is 5.01. The average molecular weight is 296 g/mol. The van der Waals surface area contributed by atoms with Crippen LogP contribution in [0.5, 0.6) is 0 Å². The van der Waals surface area contributed by atoms with Gasteiger partial charge in [0.1, 0.15) is 11.5 Å². The number of anilines is 1. The Bertz CT molecular complexity index is 596. The summed E-state index contributed by atoms with van der Waals surface area (Å²) in [5.41, 5.74) is 1.63. The van der Waals surface area contributed by atoms with E-state index in [2.05, 4.69) is 39.3 Å². The molecule has 5 heteroatoms. The average Bonchev–Trinajstić information content (AvgIpc) is 2.58. The molecule has 5 nitrogen and oxygen atoms in total. The summed E-state index contributed by atoms with van der Waals surface area (Å²) in [6.45, 7) is 4.77. The maximum absolute atomic E-state index is 11.7. The number of aryl methyl sites for hydroxylation is 1. The SMILES string of the molecule is C=CCNC(=O)c1cnc(NCCCc2ccccc2)cn1. The lowest BCUT2D eigenvalue weighted by Gasteiger charge is -2.06. The maximum atomic E-state index is 11.7. The van der Waals surface area contributed by atoms with E-state index in [0.717, 1.165) is 19.4 Å². The zero-order valence-corrected chi connectivity index (χ0v) is 12.5. The number of aromatic nitrogens is 2. The molecule has 0 saturated carbocycles. The molecule has 1 heterocycles. The molecule has 114 valence electrons. The third-order valence-electron chi connectivity index (χ3n) is 3.08. The molecular formula is C17H20N4O. The third-order valence-corrected chi connectivity index (χ3v) is 3.08. The smallest absolute Gasteiger partial charge is 0.271 e. The van der Waals surface area contributed by atoms with E-state index in [-0.39, 0.29) is 5.91 Å². The van der Waals surface area contributed by atoms with Crippen LogP contribution in [0.3, 0.4) is 0 Å². The van der Waals surface area contributed by atoms with Crippen molar-refractivity contribution >= 4 is 11.7 Å². The number of hydrogen-bond donors (Lipinski definition) is 2. The van der Waals surface area contributed by atoms with Gasteiger partial charge in [-0.3, -0.25) is 4.79 Å². The van der Waals surface area contributed by atoms with Crippen LogP contribution >= 0.6 is 0 Å². The van der Waals surface area contributed by atoms with Gasteiger partial charge in [0.15, 0.2) is 0 Å². The molecule has 2 aromatic rings. The summed E-state index contributed by atoms with van der Waals surface area (Å²) in [6, 6.07) is 10.4. The van der Waals surface area contributed by atoms with Crippen LogP contribution in [0.2, 0.25) is 0 Å². The van der Waals surface area contributed by atoms with Crippen molar-refractivity contribution in [3.63, 3.8) is 0 Å². The van der Waals surface area contributed by atoms with Gasteiger partial charge in [-0.25, -0.2) is 9.97 Å². The van der Waals surface area contributed by atoms with Gasteiger partial charge in [0.2, 0.25) is 0 Å². The van der Waals surface area contributed by atoms with E-state index in [4.69, 9.17) is 0 Å². The zero-order valence-electron chi connectivity index (χ0n) is 12.5. The highest BCUT2D eigenvalue weighted by molar-refractivity contribution is 5.92. The van der Waals surface area contributed by atoms with Gasteiger partial charge in [0, 0.05) is 13.1 Å². The lowest BCUT2D eigenvalue weighted by molar-refractivity contribution is 0.0952. The van der Waals surface area contributed by atoms with Crippen LogP contribution in [-0.2, 0) is 6.42 Å². The first-order valence-corrected chi connectivity index (χ1v) is 7.28. The first-order chi connectivity index (χ1) is 10.8. The fraction of sp³-hybridized carbons (Fsp3) is 0.235. The van der Waals surface area contributed by atoms with Gasteiger partial charge in [0.25, 0.3) is 5.91 Å². The Morgan fingerprint density at radius 2 is 2.00 bits per heavy atom. The van der Waals surface area contributed by atoms with Crippen molar-refractivity contribution in [3.05, 3.63) is 66.6 Å². The molecule has 2 rings (SSSR count). The molecule has 0 bridgehead atoms. The topological polar surface area (TPSA) is 66.9 Å². The Kier molecular flexibility index (Phi) is 6.11. The van der Waals surface area contributed by atoms with E-state index in [1.54, 1.807) is 12.3 Å². The molecule has 0 spiro atoms. The zero-order chi connectivity index (χ0) is 15.6. The Morgan fingerprint density at radius 3 is 2.68 bits per heavy atom. The maximum Gasteiger partial charge on any atom is 0.271 e. The first-order valence-electron chi connectivity index (χ1n) is 7.28. The number of rotatable bonds is 8. The van der Waals surface area contributed by atoms with Gasteiger partial charge in [-0.2, -0.15) is 0 Å². The minimum Gasteiger partial charge on any atom is -0.369 e. The summed E-state index contributed by atoms with van der Waals surface area (Å²) in [5.74, 6) is 0.427. The molecule has 22 heavy (non-hydrogen) atoms. The molecule has 0 aliphatic heterocycles. The molecule has 0 fully saturated rings. The van der Waals surface area contributed by atoms with Gasteiger partial charge in [-0.15, -0.1) is 6.58 Å². The second kappa shape index (κ2) is 8.56. The van der Waals surface area contributed by atoms with Crippen molar-refractivity contribution in [2.24, 2.45) is 0 Å². The number of benzene rings is 1. The molecule has 0 aliphatic carbocycles. The van der Waals surface area contributed by atoms with Crippen LogP contribution in [0.25, 0.3) is 0 Å². The largest absolute Gasteiger partial charge is 0.369 e. The van der Waals surface area contributed by atoms with Crippen molar-refractivity contribution in [3.8, 4) is 0 Å². The highest BCUT2D eigenvalue weighted by Crippen LogP contribution is 2.04. The second-order valence-corrected chi connectivity index (χ2v) is 4.80. The van der Waals surface area contributed by atoms with Gasteiger partial charge in [0.05, 0.1) is 12.4 Å². The highest BCUT2D eigenvalue weighted by Gasteiger charge is 2.06. The molecule has 0 saturated heterocycles. The van der Waals surface area contributed by atoms with E-state index in [9.17, 15) is 4.79 Å². The normalized spacial score (nSPS) is 10.0. The predicted octanol–water partition coefficient (Wildman–Crippen LogP) is 2.44. The number of amides is 1. The van der Waals surface area contributed by atoms with Crippen LogP contribution < -0.4 is 10.6 Å². The number of carbonyl (C=O) groups is 1. The summed E-state index contributed by atoms with van der Waals surface area (Å²) in [5, 5.41) is 5.86. The summed E-state index contributed by atoms with van der Waals surface area (Å²) in [7, 11) is 0. The number of hydrogen-bond acceptors (Lipinski definition) is 4. The number of carbonyl (C=O) groups excluding carboxylic acids is 1. The van der Waals surface area contributed by atoms with E-state index >= 15 is 0 Å². The van der Waals surface area contributed by atoms with Gasteiger partial charge < -0.3 is 10.6 Å². The molecular weight excluding hydrogens is 276 g/mol. The minimum absolute atomic E-state index is 0.247. The van der Waals surface area contributed by atoms with Crippen molar-refractivity contribution in [2.75, 3.05) is 18.4 Å². The summed E-state index contributed by atoms with van der Waals surface area (Å²) < 4.78 is 0. The number of nitrogens with one attached hydrogen (secondary N) is 2. The molecule has 0 radical (unpaired) electrons. The van der Waals surface area contributed by atoms with Crippen LogP contribution in [0.15, 0.2) is 55.4 Å². The van der Waals surface area contributed by atoms with Gasteiger partial charge in [-0.05, 0) is 18.4 Å². The van der Waals surface area contributed by atoms with E-state index in [1.807, 2.05) is 18.2 Å². The second-order valence-electron chi connectivity index (χ2n) is 4.80. The Balaban J connectivity index is 1.74. The molecule has 0 atom stereocenters. The lowest BCUT2D eigenvalue weighted by Crippen LogP contribution is -2.24. The van der Waals surface area contributed by atoms with Gasteiger partial charge in [-0.1, -0.05) is 36.4 Å². The van der Waals surface area contributed by atoms with Crippen LogP contribution in [0, 0.1) is 0 Å². The Hall–Kier alpha value is -2.69. The highest BCUT2D eigenvalue weighted by atomic mass is 16.1. The summed E-state index contributed by atoms with van der Waals surface area (Å²) >= 11 is 0. The molecule has 1 aromatic heterocycles. The van der Waals surface area contributed by atoms with Crippen molar-refractivity contribution in [2.45, 2.75) is 12.8 Å². The molecule has 0 unspecified atom stereocenters. The van der Waals surface area contributed by atoms with Crippen LogP contribution in [0.4, 0.5) is 5.82 Å². The summed E-state index contributed by atoms with van der Waals surface area (Å²) in [4.78, 5) is 19.9. The molecule has 1 aromatic carbocycles. The number of nitrogens with zero attached hydrogens (tertiary/aromatic N) is 2. The van der Waals surface area contributed by atoms with Crippen molar-refractivity contribution in [1.82, 2.24) is 15.3 Å². The first kappa shape index (κ1) is 15.7.